The standard InChI is InChI=1S/C22H32N6O4/c23-20(24)16-9-8-14(11-25-16)12-27-21(31)17-7-4-10-28(17)22(32)19(26-13-18(29)30)15-5-2-1-3-6-15/h8-9,11,15,17,19,26H,1-7,10,12-13H2,(H3,23,24)(H,27,31)(H,29,30). The highest BCUT2D eigenvalue weighted by Gasteiger charge is 2.39. The Hall–Kier alpha value is -3.01. The number of aliphatic carboxylic acids is 1. The van der Waals surface area contributed by atoms with Gasteiger partial charge in [-0.25, -0.2) is 0 Å². The highest BCUT2D eigenvalue weighted by molar-refractivity contribution is 5.93. The lowest BCUT2D eigenvalue weighted by Crippen LogP contribution is -2.55. The van der Waals surface area contributed by atoms with E-state index in [1.54, 1.807) is 23.2 Å². The molecule has 2 unspecified atom stereocenters. The normalized spacial score (nSPS) is 20.0. The highest BCUT2D eigenvalue weighted by Crippen LogP contribution is 2.29. The number of hydrogen-bond donors (Lipinski definition) is 5. The number of carboxylic acids is 1. The first-order valence-corrected chi connectivity index (χ1v) is 11.2. The minimum atomic E-state index is -1.00. The van der Waals surface area contributed by atoms with Crippen molar-refractivity contribution in [3.63, 3.8) is 0 Å². The van der Waals surface area contributed by atoms with Gasteiger partial charge in [-0.3, -0.25) is 30.1 Å². The van der Waals surface area contributed by atoms with Gasteiger partial charge in [-0.1, -0.05) is 25.3 Å². The van der Waals surface area contributed by atoms with Crippen LogP contribution < -0.4 is 16.4 Å². The largest absolute Gasteiger partial charge is 0.480 e. The monoisotopic (exact) mass is 444 g/mol. The van der Waals surface area contributed by atoms with E-state index in [1.165, 1.54) is 0 Å². The van der Waals surface area contributed by atoms with Crippen LogP contribution in [0.25, 0.3) is 0 Å². The van der Waals surface area contributed by atoms with Crippen molar-refractivity contribution in [2.45, 2.75) is 63.6 Å². The van der Waals surface area contributed by atoms with Crippen molar-refractivity contribution < 1.29 is 19.5 Å². The lowest BCUT2D eigenvalue weighted by Gasteiger charge is -2.34. The number of nitrogen functional groups attached to an aromatic ring is 1. The first-order valence-electron chi connectivity index (χ1n) is 11.2. The summed E-state index contributed by atoms with van der Waals surface area (Å²) in [4.78, 5) is 43.1. The average molecular weight is 445 g/mol. The fraction of sp³-hybridized carbons (Fsp3) is 0.591. The van der Waals surface area contributed by atoms with E-state index in [9.17, 15) is 14.4 Å². The summed E-state index contributed by atoms with van der Waals surface area (Å²) in [5.74, 6) is -1.44. The third-order valence-electron chi connectivity index (χ3n) is 6.27. The van der Waals surface area contributed by atoms with E-state index in [2.05, 4.69) is 15.6 Å². The number of nitrogens with one attached hydrogen (secondary N) is 3. The van der Waals surface area contributed by atoms with Crippen LogP contribution in [0.2, 0.25) is 0 Å². The molecular weight excluding hydrogens is 412 g/mol. The van der Waals surface area contributed by atoms with Gasteiger partial charge in [-0.05, 0) is 43.2 Å². The van der Waals surface area contributed by atoms with Crippen LogP contribution in [-0.2, 0) is 20.9 Å². The molecule has 1 aromatic heterocycles. The highest BCUT2D eigenvalue weighted by atomic mass is 16.4. The Morgan fingerprint density at radius 2 is 1.94 bits per heavy atom. The van der Waals surface area contributed by atoms with E-state index in [0.29, 0.717) is 18.7 Å². The second kappa shape index (κ2) is 11.0. The Morgan fingerprint density at radius 1 is 1.19 bits per heavy atom. The van der Waals surface area contributed by atoms with Gasteiger partial charge in [0.05, 0.1) is 12.6 Å². The molecule has 3 rings (SSSR count). The van der Waals surface area contributed by atoms with Gasteiger partial charge in [0.1, 0.15) is 17.6 Å². The lowest BCUT2D eigenvalue weighted by atomic mass is 9.83. The molecule has 1 aliphatic carbocycles. The minimum absolute atomic E-state index is 0.0887. The topological polar surface area (TPSA) is 162 Å². The van der Waals surface area contributed by atoms with Gasteiger partial charge in [0, 0.05) is 19.3 Å². The molecule has 1 saturated heterocycles. The summed E-state index contributed by atoms with van der Waals surface area (Å²) in [6.07, 6.45) is 7.84. The third-order valence-corrected chi connectivity index (χ3v) is 6.27. The maximum atomic E-state index is 13.4. The Bertz CT molecular complexity index is 837. The molecule has 0 bridgehead atoms. The summed E-state index contributed by atoms with van der Waals surface area (Å²) in [7, 11) is 0. The summed E-state index contributed by atoms with van der Waals surface area (Å²) in [6.45, 7) is 0.469. The van der Waals surface area contributed by atoms with Gasteiger partial charge < -0.3 is 21.1 Å². The number of carbonyl (C=O) groups excluding carboxylic acids is 2. The van der Waals surface area contributed by atoms with E-state index in [1.807, 2.05) is 0 Å². The third kappa shape index (κ3) is 6.03. The van der Waals surface area contributed by atoms with Crippen LogP contribution in [0.5, 0.6) is 0 Å². The molecule has 174 valence electrons. The molecule has 1 aliphatic heterocycles. The number of carbonyl (C=O) groups is 3. The molecule has 0 aromatic carbocycles. The van der Waals surface area contributed by atoms with Crippen molar-refractivity contribution in [3.8, 4) is 0 Å². The SMILES string of the molecule is N=C(N)c1ccc(CNC(=O)C2CCCN2C(=O)C(NCC(=O)O)C2CCCCC2)cn1. The van der Waals surface area contributed by atoms with Gasteiger partial charge in [-0.2, -0.15) is 0 Å². The summed E-state index contributed by atoms with van der Waals surface area (Å²) < 4.78 is 0. The van der Waals surface area contributed by atoms with Crippen LogP contribution >= 0.6 is 0 Å². The minimum Gasteiger partial charge on any atom is -0.480 e. The van der Waals surface area contributed by atoms with E-state index in [0.717, 1.165) is 44.1 Å². The molecule has 1 aromatic rings. The number of nitrogens with zero attached hydrogens (tertiary/aromatic N) is 2. The predicted octanol–water partition coefficient (Wildman–Crippen LogP) is 0.596. The molecule has 6 N–H and O–H groups in total. The van der Waals surface area contributed by atoms with Crippen molar-refractivity contribution in [1.29, 1.82) is 5.41 Å². The zero-order valence-electron chi connectivity index (χ0n) is 18.2. The van der Waals surface area contributed by atoms with Gasteiger partial charge in [-0.15, -0.1) is 0 Å². The van der Waals surface area contributed by atoms with Crippen LogP contribution in [-0.4, -0.2) is 63.8 Å². The predicted molar refractivity (Wildman–Crippen MR) is 118 cm³/mol. The van der Waals surface area contributed by atoms with Gasteiger partial charge >= 0.3 is 5.97 Å². The first kappa shape index (κ1) is 23.6. The maximum absolute atomic E-state index is 13.4. The number of aromatic nitrogens is 1. The zero-order chi connectivity index (χ0) is 23.1. The number of rotatable bonds is 9. The van der Waals surface area contributed by atoms with Crippen LogP contribution in [0.3, 0.4) is 0 Å². The second-order valence-corrected chi connectivity index (χ2v) is 8.52. The van der Waals surface area contributed by atoms with Crippen molar-refractivity contribution in [2.75, 3.05) is 13.1 Å². The van der Waals surface area contributed by atoms with Gasteiger partial charge in [0.2, 0.25) is 11.8 Å². The molecular formula is C22H32N6O4. The lowest BCUT2D eigenvalue weighted by molar-refractivity contribution is -0.142. The average Bonchev–Trinajstić information content (AvgIpc) is 3.28. The number of amidine groups is 1. The van der Waals surface area contributed by atoms with Crippen LogP contribution in [0, 0.1) is 11.3 Å². The Kier molecular flexibility index (Phi) is 8.15. The molecule has 2 amide bonds. The molecule has 10 nitrogen and oxygen atoms in total. The number of likely N-dealkylation sites (tertiary alicyclic amines) is 1. The maximum Gasteiger partial charge on any atom is 0.317 e. The quantitative estimate of drug-likeness (QED) is 0.275. The molecule has 2 fully saturated rings. The number of pyridine rings is 1. The number of nitrogens with two attached hydrogens (primary N) is 1. The Balaban J connectivity index is 1.63. The Morgan fingerprint density at radius 3 is 2.56 bits per heavy atom. The van der Waals surface area contributed by atoms with E-state index in [-0.39, 0.29) is 36.7 Å². The summed E-state index contributed by atoms with van der Waals surface area (Å²) >= 11 is 0. The molecule has 2 heterocycles. The van der Waals surface area contributed by atoms with E-state index >= 15 is 0 Å². The van der Waals surface area contributed by atoms with Gasteiger partial charge in [0.25, 0.3) is 0 Å². The van der Waals surface area contributed by atoms with E-state index in [4.69, 9.17) is 16.2 Å². The fourth-order valence-electron chi connectivity index (χ4n) is 4.60. The number of hydrogen-bond acceptors (Lipinski definition) is 6. The molecule has 32 heavy (non-hydrogen) atoms. The van der Waals surface area contributed by atoms with Crippen LogP contribution in [0.15, 0.2) is 18.3 Å². The molecule has 0 radical (unpaired) electrons. The summed E-state index contributed by atoms with van der Waals surface area (Å²) in [5.41, 5.74) is 6.54. The first-order chi connectivity index (χ1) is 15.4. The van der Waals surface area contributed by atoms with Crippen molar-refractivity contribution in [2.24, 2.45) is 11.7 Å². The van der Waals surface area contributed by atoms with Crippen molar-refractivity contribution in [1.82, 2.24) is 20.5 Å². The summed E-state index contributed by atoms with van der Waals surface area (Å²) in [5, 5.41) is 22.3. The molecule has 10 heteroatoms. The Labute approximate surface area is 187 Å². The second-order valence-electron chi connectivity index (χ2n) is 8.52. The molecule has 1 saturated carbocycles. The molecule has 0 spiro atoms. The zero-order valence-corrected chi connectivity index (χ0v) is 18.2. The summed E-state index contributed by atoms with van der Waals surface area (Å²) in [6, 6.07) is 2.22. The molecule has 2 atom stereocenters. The molecule has 2 aliphatic rings. The van der Waals surface area contributed by atoms with Crippen molar-refractivity contribution in [3.05, 3.63) is 29.6 Å². The fourth-order valence-corrected chi connectivity index (χ4v) is 4.60. The van der Waals surface area contributed by atoms with Gasteiger partial charge in [0.15, 0.2) is 0 Å². The van der Waals surface area contributed by atoms with Crippen LogP contribution in [0.4, 0.5) is 0 Å². The van der Waals surface area contributed by atoms with Crippen LogP contribution in [0.1, 0.15) is 56.2 Å². The number of carboxylic acid groups (broad SMARTS) is 1. The smallest absolute Gasteiger partial charge is 0.317 e. The van der Waals surface area contributed by atoms with Crippen molar-refractivity contribution >= 4 is 23.6 Å². The number of amides is 2. The van der Waals surface area contributed by atoms with E-state index < -0.39 is 18.1 Å².